The fourth-order valence-corrected chi connectivity index (χ4v) is 13.3. The number of hydrogen-bond acceptors (Lipinski definition) is 11. The van der Waals surface area contributed by atoms with Crippen LogP contribution in [-0.2, 0) is 63.6 Å². The molecule has 0 unspecified atom stereocenters. The molecule has 10 rings (SSSR count). The molecule has 0 radical (unpaired) electrons. The van der Waals surface area contributed by atoms with E-state index in [2.05, 4.69) is 65.8 Å². The first-order valence-electron chi connectivity index (χ1n) is 30.1. The van der Waals surface area contributed by atoms with Gasteiger partial charge in [-0.3, -0.25) is 0 Å². The van der Waals surface area contributed by atoms with Crippen molar-refractivity contribution in [1.82, 2.24) is 0 Å². The largest absolute Gasteiger partial charge is 0.456 e. The first-order chi connectivity index (χ1) is 38.0. The van der Waals surface area contributed by atoms with E-state index in [1.165, 1.54) is 64.2 Å². The predicted octanol–water partition coefficient (Wildman–Crippen LogP) is 16.3. The summed E-state index contributed by atoms with van der Waals surface area (Å²) < 4.78 is 33.5. The molecule has 8 aliphatic rings. The molecule has 2 aromatic rings. The second-order valence-corrected chi connectivity index (χ2v) is 24.7. The van der Waals surface area contributed by atoms with E-state index in [-0.39, 0.29) is 47.8 Å². The third kappa shape index (κ3) is 18.2. The van der Waals surface area contributed by atoms with Gasteiger partial charge in [-0.05, 0) is 217 Å². The first-order valence-corrected chi connectivity index (χ1v) is 30.1. The molecule has 8 saturated carbocycles. The number of carbonyl (C=O) groups is 5. The Bertz CT molecular complexity index is 2400. The van der Waals surface area contributed by atoms with Gasteiger partial charge in [0, 0.05) is 27.9 Å². The van der Waals surface area contributed by atoms with Crippen LogP contribution in [0.3, 0.4) is 0 Å². The molecule has 0 atom stereocenters. The van der Waals surface area contributed by atoms with Gasteiger partial charge in [0.05, 0.1) is 6.10 Å². The van der Waals surface area contributed by atoms with Gasteiger partial charge in [0.25, 0.3) is 0 Å². The van der Waals surface area contributed by atoms with E-state index in [9.17, 15) is 24.0 Å². The van der Waals surface area contributed by atoms with Crippen LogP contribution >= 0.6 is 0 Å². The highest BCUT2D eigenvalue weighted by Crippen LogP contribution is 2.55. The molecule has 8 aliphatic carbocycles. The lowest BCUT2D eigenvalue weighted by Crippen LogP contribution is -2.49. The lowest BCUT2D eigenvalue weighted by molar-refractivity contribution is -0.183. The summed E-state index contributed by atoms with van der Waals surface area (Å²) >= 11 is 0. The summed E-state index contributed by atoms with van der Waals surface area (Å²) in [6.07, 6.45) is 26.0. The zero-order chi connectivity index (χ0) is 58.7. The zero-order valence-electron chi connectivity index (χ0n) is 50.2. The maximum atomic E-state index is 11.9. The average Bonchev–Trinajstić information content (AvgIpc) is 4.29. The van der Waals surface area contributed by atoms with Crippen LogP contribution in [0.25, 0.3) is 0 Å². The molecule has 11 heteroatoms. The molecule has 440 valence electrons. The highest BCUT2D eigenvalue weighted by molar-refractivity contribution is 5.89. The molecular formula is C69H98O11. The Kier molecular flexibility index (Phi) is 24.9. The second kappa shape index (κ2) is 30.5. The molecule has 0 amide bonds. The number of rotatable bonds is 16. The average molecular weight is 1100 g/mol. The van der Waals surface area contributed by atoms with Crippen LogP contribution in [0.2, 0.25) is 0 Å². The summed E-state index contributed by atoms with van der Waals surface area (Å²) in [4.78, 5) is 57.7. The van der Waals surface area contributed by atoms with E-state index in [0.717, 1.165) is 106 Å². The van der Waals surface area contributed by atoms with Crippen LogP contribution in [0.15, 0.2) is 121 Å². The van der Waals surface area contributed by atoms with E-state index < -0.39 is 11.2 Å². The van der Waals surface area contributed by atoms with Crippen molar-refractivity contribution in [1.29, 1.82) is 0 Å². The lowest BCUT2D eigenvalue weighted by atomic mass is 9.55. The topological polar surface area (TPSA) is 141 Å². The number of esters is 5. The molecule has 0 aliphatic heterocycles. The van der Waals surface area contributed by atoms with E-state index in [1.54, 1.807) is 34.6 Å². The summed E-state index contributed by atoms with van der Waals surface area (Å²) in [5.41, 5.74) is 3.34. The SMILES string of the molecule is C=C(C)C(=O)OC1(C(C)C)CCCC1.C=C(C)C(=O)OC1(CC)CCCC1.C=C(C)C(=O)OC1(c2ccccc2)CCCC1.C=C(C)C(=O)OC1(c2ccccc2)CCCCC1.C=C(C)C(=O)OCOC1C2CC3CC(C2)CC1C3. The third-order valence-corrected chi connectivity index (χ3v) is 17.8. The Morgan fingerprint density at radius 2 is 0.812 bits per heavy atom. The van der Waals surface area contributed by atoms with Gasteiger partial charge in [-0.15, -0.1) is 0 Å². The third-order valence-electron chi connectivity index (χ3n) is 17.8. The monoisotopic (exact) mass is 1100 g/mol. The fraction of sp³-hybridized carbons (Fsp3) is 0.609. The van der Waals surface area contributed by atoms with Crippen LogP contribution < -0.4 is 0 Å². The number of benzene rings is 2. The van der Waals surface area contributed by atoms with Crippen LogP contribution in [0.4, 0.5) is 0 Å². The van der Waals surface area contributed by atoms with E-state index >= 15 is 0 Å². The van der Waals surface area contributed by atoms with Gasteiger partial charge in [-0.1, -0.05) is 121 Å². The molecule has 11 nitrogen and oxygen atoms in total. The minimum Gasteiger partial charge on any atom is -0.456 e. The molecule has 0 spiro atoms. The van der Waals surface area contributed by atoms with Crippen molar-refractivity contribution in [3.63, 3.8) is 0 Å². The van der Waals surface area contributed by atoms with Crippen LogP contribution in [0.1, 0.15) is 214 Å². The molecule has 8 fully saturated rings. The Morgan fingerprint density at radius 1 is 0.463 bits per heavy atom. The van der Waals surface area contributed by atoms with Crippen LogP contribution in [-0.4, -0.2) is 53.9 Å². The quantitative estimate of drug-likeness (QED) is 0.0686. The molecule has 4 bridgehead atoms. The number of ether oxygens (including phenoxy) is 6. The zero-order valence-corrected chi connectivity index (χ0v) is 50.2. The van der Waals surface area contributed by atoms with Gasteiger partial charge in [-0.2, -0.15) is 0 Å². The summed E-state index contributed by atoms with van der Waals surface area (Å²) in [6, 6.07) is 20.1. The smallest absolute Gasteiger partial charge is 0.335 e. The summed E-state index contributed by atoms with van der Waals surface area (Å²) in [5, 5.41) is 0. The standard InChI is InChI=1S/C16H20O2.C15H22O3.C15H18O2.C12H20O2.C11H18O2/c1-13(2)15(17)18-16(11-7-4-8-12-16)14-9-5-3-6-10-14;1-9(2)15(16)18-8-17-14-12-4-10-3-11(6-12)7-13(14)5-10;1-12(2)14(16)17-15(10-6-7-11-15)13-8-4-3-5-9-13;1-9(2)11(13)14-12(10(3)4)7-5-6-8-12;1-4-11(7-5-6-8-11)13-10(12)9(2)3/h3,5-6,9-10H,1,4,7-8,11-12H2,2H3;10-14H,1,3-8H2,2H3;3-5,8-9H,1,6-7,10-11H2,2H3;10H,1,5-8H2,2-4H3;2,4-8H2,1,3H3. The normalized spacial score (nSPS) is 23.7. The van der Waals surface area contributed by atoms with E-state index in [4.69, 9.17) is 28.4 Å². The predicted molar refractivity (Wildman–Crippen MR) is 317 cm³/mol. The molecule has 80 heavy (non-hydrogen) atoms. The lowest BCUT2D eigenvalue weighted by Gasteiger charge is -2.53. The minimum absolute atomic E-state index is 0.0959. The van der Waals surface area contributed by atoms with Gasteiger partial charge < -0.3 is 28.4 Å². The highest BCUT2D eigenvalue weighted by Gasteiger charge is 2.49. The maximum Gasteiger partial charge on any atom is 0.335 e. The van der Waals surface area contributed by atoms with Crippen LogP contribution in [0.5, 0.6) is 0 Å². The first kappa shape index (κ1) is 65.3. The number of carbonyl (C=O) groups excluding carboxylic acids is 5. The molecule has 2 aromatic carbocycles. The van der Waals surface area contributed by atoms with Gasteiger partial charge in [-0.25, -0.2) is 24.0 Å². The van der Waals surface area contributed by atoms with Gasteiger partial charge in [0.2, 0.25) is 0 Å². The van der Waals surface area contributed by atoms with Gasteiger partial charge >= 0.3 is 29.8 Å². The molecular weight excluding hydrogens is 1000 g/mol. The fourth-order valence-electron chi connectivity index (χ4n) is 13.3. The summed E-state index contributed by atoms with van der Waals surface area (Å²) in [7, 11) is 0. The van der Waals surface area contributed by atoms with Crippen molar-refractivity contribution in [2.45, 2.75) is 232 Å². The van der Waals surface area contributed by atoms with Crippen LogP contribution in [0, 0.1) is 29.6 Å². The van der Waals surface area contributed by atoms with E-state index in [0.29, 0.717) is 51.7 Å². The van der Waals surface area contributed by atoms with Gasteiger partial charge in [0.1, 0.15) is 22.4 Å². The molecule has 0 N–H and O–H groups in total. The second-order valence-electron chi connectivity index (χ2n) is 24.7. The van der Waals surface area contributed by atoms with Crippen molar-refractivity contribution in [3.8, 4) is 0 Å². The Hall–Kier alpha value is -5.55. The number of hydrogen-bond donors (Lipinski definition) is 0. The van der Waals surface area contributed by atoms with Crippen molar-refractivity contribution >= 4 is 29.8 Å². The van der Waals surface area contributed by atoms with E-state index in [1.807, 2.05) is 48.5 Å². The Morgan fingerprint density at radius 3 is 1.19 bits per heavy atom. The Balaban J connectivity index is 0.000000185. The maximum absolute atomic E-state index is 11.9. The molecule has 0 saturated heterocycles. The summed E-state index contributed by atoms with van der Waals surface area (Å²) in [6.45, 7) is 32.9. The minimum atomic E-state index is -0.435. The van der Waals surface area contributed by atoms with Crippen molar-refractivity contribution in [2.24, 2.45) is 29.6 Å². The Labute approximate surface area is 480 Å². The van der Waals surface area contributed by atoms with Crippen molar-refractivity contribution in [3.05, 3.63) is 133 Å². The summed E-state index contributed by atoms with van der Waals surface area (Å²) in [5.74, 6) is 2.35. The van der Waals surface area contributed by atoms with Crippen molar-refractivity contribution < 1.29 is 52.4 Å². The molecule has 0 aromatic heterocycles. The van der Waals surface area contributed by atoms with Gasteiger partial charge in [0.15, 0.2) is 6.79 Å². The molecule has 0 heterocycles. The van der Waals surface area contributed by atoms with Crippen molar-refractivity contribution in [2.75, 3.05) is 6.79 Å². The highest BCUT2D eigenvalue weighted by atomic mass is 16.7.